The Kier molecular flexibility index (Phi) is 30.9. The number of aliphatic carboxylic acids is 3. The van der Waals surface area contributed by atoms with Crippen LogP contribution in [0.15, 0.2) is 0 Å². The minimum atomic E-state index is -2.58. The van der Waals surface area contributed by atoms with E-state index in [-0.39, 0.29) is 48.8 Å². The van der Waals surface area contributed by atoms with Gasteiger partial charge in [-0.2, -0.15) is 0 Å². The maximum Gasteiger partial charge on any atom is 2.00 e. The Hall–Kier alpha value is -1.47. The molecule has 0 aromatic rings. The van der Waals surface area contributed by atoms with E-state index in [9.17, 15) is 24.3 Å². The zero-order chi connectivity index (χ0) is 21.4. The van der Waals surface area contributed by atoms with Crippen molar-refractivity contribution in [3.05, 3.63) is 0 Å². The van der Waals surface area contributed by atoms with E-state index in [1.54, 1.807) is 0 Å². The molecule has 0 aromatic carbocycles. The molecule has 0 radical (unpaired) electrons. The molecule has 9 N–H and O–H groups in total. The van der Waals surface area contributed by atoms with E-state index in [0.29, 0.717) is 6.42 Å². The van der Waals surface area contributed by atoms with Crippen molar-refractivity contribution in [2.45, 2.75) is 102 Å². The van der Waals surface area contributed by atoms with Crippen molar-refractivity contribution < 1.29 is 58.5 Å². The number of ether oxygens (including phenoxy) is 1. The first-order valence-corrected chi connectivity index (χ1v) is 10.1. The van der Waals surface area contributed by atoms with Crippen molar-refractivity contribution in [3.8, 4) is 0 Å². The van der Waals surface area contributed by atoms with Gasteiger partial charge in [-0.1, -0.05) is 71.1 Å². The first-order chi connectivity index (χ1) is 13.2. The third-order valence-corrected chi connectivity index (χ3v) is 4.56. The minimum absolute atomic E-state index is 0. The second-order valence-corrected chi connectivity index (χ2v) is 7.20. The molecule has 0 aromatic heterocycles. The maximum absolute atomic E-state index is 11.9. The largest absolute Gasteiger partial charge is 2.00 e. The average Bonchev–Trinajstić information content (AvgIpc) is 2.58. The standard InChI is InChI=1S/C20H34O8.Mg.3H2O.2H/c1-2-3-4-5-6-7-8-9-10-11-12-13-18(25)28-20(19(26)27,14-16(21)22)15-17(23)24;;;;;;/h2-15H2,1H3,(H,21,22)(H,23,24)(H,26,27);;3*1H2;;/q;+2;;;;2*-1. The molecule has 190 valence electrons. The molecule has 0 saturated carbocycles. The molecule has 12 heteroatoms. The molecule has 0 unspecified atom stereocenters. The predicted molar refractivity (Wildman–Crippen MR) is 121 cm³/mol. The SMILES string of the molecule is CCCCCCCCCCCCCC(=O)OC(CC(=O)O)(CC(=O)O)C(=O)O.O.O.O.[H-].[H-].[Mg+2]. The van der Waals surface area contributed by atoms with E-state index in [1.165, 1.54) is 38.5 Å². The molecule has 32 heavy (non-hydrogen) atoms. The summed E-state index contributed by atoms with van der Waals surface area (Å²) in [7, 11) is 0. The van der Waals surface area contributed by atoms with Gasteiger partial charge in [0.15, 0.2) is 0 Å². The van der Waals surface area contributed by atoms with Gasteiger partial charge >= 0.3 is 46.9 Å². The van der Waals surface area contributed by atoms with Crippen LogP contribution in [0.5, 0.6) is 0 Å². The number of carboxylic acid groups (broad SMARTS) is 3. The first kappa shape index (κ1) is 40.8. The van der Waals surface area contributed by atoms with Crippen LogP contribution >= 0.6 is 0 Å². The molecule has 0 heterocycles. The second kappa shape index (κ2) is 24.2. The van der Waals surface area contributed by atoms with Gasteiger partial charge in [0, 0.05) is 6.42 Å². The van der Waals surface area contributed by atoms with E-state index >= 15 is 0 Å². The van der Waals surface area contributed by atoms with Crippen LogP contribution in [-0.2, 0) is 23.9 Å². The van der Waals surface area contributed by atoms with Gasteiger partial charge < -0.3 is 39.3 Å². The van der Waals surface area contributed by atoms with E-state index in [4.69, 9.17) is 14.9 Å². The Bertz CT molecular complexity index is 507. The number of carbonyl (C=O) groups is 4. The summed E-state index contributed by atoms with van der Waals surface area (Å²) >= 11 is 0. The molecule has 0 bridgehead atoms. The van der Waals surface area contributed by atoms with Crippen LogP contribution in [0.4, 0.5) is 0 Å². The summed E-state index contributed by atoms with van der Waals surface area (Å²) in [6.07, 6.45) is 9.73. The Balaban J connectivity index is -0.000000243. The molecule has 0 aliphatic carbocycles. The summed E-state index contributed by atoms with van der Waals surface area (Å²) < 4.78 is 4.81. The van der Waals surface area contributed by atoms with Gasteiger partial charge in [0.1, 0.15) is 0 Å². The van der Waals surface area contributed by atoms with E-state index in [2.05, 4.69) is 6.92 Å². The van der Waals surface area contributed by atoms with Crippen LogP contribution in [0.1, 0.15) is 99.7 Å². The van der Waals surface area contributed by atoms with Crippen molar-refractivity contribution in [1.29, 1.82) is 0 Å². The van der Waals surface area contributed by atoms with Gasteiger partial charge in [0.2, 0.25) is 5.60 Å². The van der Waals surface area contributed by atoms with E-state index in [0.717, 1.165) is 25.7 Å². The number of carboxylic acids is 3. The number of rotatable bonds is 18. The topological polar surface area (TPSA) is 233 Å². The van der Waals surface area contributed by atoms with Gasteiger partial charge in [-0.05, 0) is 6.42 Å². The number of esters is 1. The van der Waals surface area contributed by atoms with Crippen molar-refractivity contribution >= 4 is 46.9 Å². The first-order valence-electron chi connectivity index (χ1n) is 10.1. The molecule has 0 saturated heterocycles. The maximum atomic E-state index is 11.9. The van der Waals surface area contributed by atoms with Crippen LogP contribution in [0.25, 0.3) is 0 Å². The molecule has 0 fully saturated rings. The molecule has 0 aliphatic rings. The molecule has 0 aliphatic heterocycles. The molecule has 0 amide bonds. The summed E-state index contributed by atoms with van der Waals surface area (Å²) in [5, 5.41) is 26.9. The summed E-state index contributed by atoms with van der Waals surface area (Å²) in [5.74, 6) is -5.76. The fourth-order valence-corrected chi connectivity index (χ4v) is 3.02. The molecule has 0 rings (SSSR count). The second-order valence-electron chi connectivity index (χ2n) is 7.20. The summed E-state index contributed by atoms with van der Waals surface area (Å²) in [6.45, 7) is 2.19. The minimum Gasteiger partial charge on any atom is -1.00 e. The zero-order valence-corrected chi connectivity index (χ0v) is 20.4. The summed E-state index contributed by atoms with van der Waals surface area (Å²) in [4.78, 5) is 45.1. The fraction of sp³-hybridized carbons (Fsp3) is 0.800. The van der Waals surface area contributed by atoms with E-state index < -0.39 is 42.3 Å². The average molecular weight is 483 g/mol. The van der Waals surface area contributed by atoms with Gasteiger partial charge in [0.05, 0.1) is 12.8 Å². The van der Waals surface area contributed by atoms with Gasteiger partial charge in [-0.15, -0.1) is 0 Å². The number of carbonyl (C=O) groups excluding carboxylic acids is 1. The van der Waals surface area contributed by atoms with Crippen LogP contribution in [0.2, 0.25) is 0 Å². The van der Waals surface area contributed by atoms with Crippen molar-refractivity contribution in [1.82, 2.24) is 0 Å². The number of hydrogen-bond acceptors (Lipinski definition) is 5. The number of hydrogen-bond donors (Lipinski definition) is 3. The van der Waals surface area contributed by atoms with Crippen molar-refractivity contribution in [2.24, 2.45) is 0 Å². The monoisotopic (exact) mass is 482 g/mol. The molecule has 0 spiro atoms. The van der Waals surface area contributed by atoms with Gasteiger partial charge in [0.25, 0.3) is 0 Å². The van der Waals surface area contributed by atoms with Gasteiger partial charge in [-0.25, -0.2) is 4.79 Å². The third kappa shape index (κ3) is 20.4. The normalized spacial score (nSPS) is 9.78. The van der Waals surface area contributed by atoms with Crippen LogP contribution in [-0.4, -0.2) is 84.3 Å². The quantitative estimate of drug-likeness (QED) is 0.146. The third-order valence-electron chi connectivity index (χ3n) is 4.56. The van der Waals surface area contributed by atoms with Crippen molar-refractivity contribution in [2.75, 3.05) is 0 Å². The summed E-state index contributed by atoms with van der Waals surface area (Å²) in [5.41, 5.74) is -2.58. The smallest absolute Gasteiger partial charge is 1.00 e. The molecule has 11 nitrogen and oxygen atoms in total. The van der Waals surface area contributed by atoms with Crippen molar-refractivity contribution in [3.63, 3.8) is 0 Å². The Morgan fingerprint density at radius 3 is 1.34 bits per heavy atom. The van der Waals surface area contributed by atoms with Crippen LogP contribution in [0, 0.1) is 0 Å². The van der Waals surface area contributed by atoms with Crippen LogP contribution < -0.4 is 0 Å². The molecule has 0 atom stereocenters. The predicted octanol–water partition coefficient (Wildman–Crippen LogP) is 1.37. The summed E-state index contributed by atoms with van der Waals surface area (Å²) in [6, 6.07) is 0. The van der Waals surface area contributed by atoms with Gasteiger partial charge in [-0.3, -0.25) is 14.4 Å². The van der Waals surface area contributed by atoms with E-state index in [1.807, 2.05) is 0 Å². The fourth-order valence-electron chi connectivity index (χ4n) is 3.02. The number of unbranched alkanes of at least 4 members (excludes halogenated alkanes) is 10. The zero-order valence-electron chi connectivity index (χ0n) is 21.0. The Labute approximate surface area is 207 Å². The molecular formula is C20H42MgO11. The Morgan fingerprint density at radius 2 is 1.03 bits per heavy atom. The van der Waals surface area contributed by atoms with Crippen LogP contribution in [0.3, 0.4) is 0 Å². The molecular weight excluding hydrogens is 441 g/mol. The Morgan fingerprint density at radius 1 is 0.688 bits per heavy atom.